The van der Waals surface area contributed by atoms with Crippen molar-refractivity contribution >= 4 is 23.8 Å². The van der Waals surface area contributed by atoms with Gasteiger partial charge in [0.25, 0.3) is 0 Å². The second-order valence-corrected chi connectivity index (χ2v) is 5.15. The Morgan fingerprint density at radius 1 is 1.33 bits per heavy atom. The van der Waals surface area contributed by atoms with Gasteiger partial charge in [-0.25, -0.2) is 9.59 Å². The number of benzene rings is 1. The number of nitrogens with one attached hydrogen (secondary N) is 2. The summed E-state index contributed by atoms with van der Waals surface area (Å²) in [6.07, 6.45) is 3.41. The van der Waals surface area contributed by atoms with Gasteiger partial charge in [-0.05, 0) is 36.1 Å². The van der Waals surface area contributed by atoms with Gasteiger partial charge in [-0.1, -0.05) is 32.9 Å². The molecule has 3 N–H and O–H groups in total. The molecule has 5 heteroatoms. The molecule has 0 aliphatic carbocycles. The molecule has 1 rings (SSSR count). The molecule has 0 spiro atoms. The Labute approximate surface area is 125 Å². The zero-order chi connectivity index (χ0) is 15.8. The minimum atomic E-state index is -1.01. The third-order valence-electron chi connectivity index (χ3n) is 3.12. The van der Waals surface area contributed by atoms with Crippen molar-refractivity contribution in [1.29, 1.82) is 0 Å². The van der Waals surface area contributed by atoms with E-state index in [9.17, 15) is 9.59 Å². The van der Waals surface area contributed by atoms with Crippen molar-refractivity contribution in [2.45, 2.75) is 33.2 Å². The average molecular weight is 290 g/mol. The van der Waals surface area contributed by atoms with Crippen LogP contribution in [0.1, 0.15) is 32.8 Å². The third kappa shape index (κ3) is 6.12. The zero-order valence-corrected chi connectivity index (χ0v) is 12.6. The predicted octanol–water partition coefficient (Wildman–Crippen LogP) is 3.34. The van der Waals surface area contributed by atoms with Crippen molar-refractivity contribution in [2.24, 2.45) is 5.92 Å². The Balaban J connectivity index is 2.68. The van der Waals surface area contributed by atoms with Crippen molar-refractivity contribution in [3.8, 4) is 0 Å². The van der Waals surface area contributed by atoms with E-state index in [2.05, 4.69) is 24.5 Å². The number of hydrogen-bond acceptors (Lipinski definition) is 2. The SMILES string of the molecule is CCC(NC(=O)Nc1cccc(/C=C/C(=O)O)c1)C(C)C. The Morgan fingerprint density at radius 2 is 2.05 bits per heavy atom. The quantitative estimate of drug-likeness (QED) is 0.703. The number of rotatable bonds is 6. The van der Waals surface area contributed by atoms with Crippen LogP contribution < -0.4 is 10.6 Å². The molecule has 0 radical (unpaired) electrons. The summed E-state index contributed by atoms with van der Waals surface area (Å²) in [7, 11) is 0. The Morgan fingerprint density at radius 3 is 2.62 bits per heavy atom. The van der Waals surface area contributed by atoms with Crippen LogP contribution in [-0.4, -0.2) is 23.1 Å². The largest absolute Gasteiger partial charge is 0.478 e. The molecule has 0 heterocycles. The van der Waals surface area contributed by atoms with Gasteiger partial charge in [0.15, 0.2) is 0 Å². The summed E-state index contributed by atoms with van der Waals surface area (Å²) in [5, 5.41) is 14.3. The van der Waals surface area contributed by atoms with Gasteiger partial charge in [0.2, 0.25) is 0 Å². The highest BCUT2D eigenvalue weighted by Gasteiger charge is 2.13. The first kappa shape index (κ1) is 16.8. The van der Waals surface area contributed by atoms with Gasteiger partial charge in [-0.2, -0.15) is 0 Å². The lowest BCUT2D eigenvalue weighted by Gasteiger charge is -2.21. The van der Waals surface area contributed by atoms with E-state index >= 15 is 0 Å². The summed E-state index contributed by atoms with van der Waals surface area (Å²) in [4.78, 5) is 22.4. The second kappa shape index (κ2) is 8.09. The molecule has 114 valence electrons. The van der Waals surface area contributed by atoms with E-state index in [1.54, 1.807) is 24.3 Å². The van der Waals surface area contributed by atoms with Crippen LogP contribution in [0, 0.1) is 5.92 Å². The predicted molar refractivity (Wildman–Crippen MR) is 84.2 cm³/mol. The Bertz CT molecular complexity index is 524. The first-order valence-corrected chi connectivity index (χ1v) is 7.01. The highest BCUT2D eigenvalue weighted by atomic mass is 16.4. The number of urea groups is 1. The van der Waals surface area contributed by atoms with E-state index in [-0.39, 0.29) is 12.1 Å². The molecule has 0 saturated carbocycles. The van der Waals surface area contributed by atoms with E-state index in [1.807, 2.05) is 6.92 Å². The van der Waals surface area contributed by atoms with Crippen LogP contribution in [0.2, 0.25) is 0 Å². The molecular weight excluding hydrogens is 268 g/mol. The molecule has 0 aromatic heterocycles. The molecule has 1 unspecified atom stereocenters. The van der Waals surface area contributed by atoms with Gasteiger partial charge in [0, 0.05) is 17.8 Å². The van der Waals surface area contributed by atoms with Gasteiger partial charge in [-0.15, -0.1) is 0 Å². The molecule has 2 amide bonds. The number of anilines is 1. The molecule has 0 aliphatic rings. The van der Waals surface area contributed by atoms with Crippen LogP contribution >= 0.6 is 0 Å². The lowest BCUT2D eigenvalue weighted by atomic mass is 10.0. The van der Waals surface area contributed by atoms with Gasteiger partial charge in [0.05, 0.1) is 0 Å². The number of amides is 2. The van der Waals surface area contributed by atoms with Crippen LogP contribution in [-0.2, 0) is 4.79 Å². The molecule has 0 bridgehead atoms. The lowest BCUT2D eigenvalue weighted by molar-refractivity contribution is -0.131. The normalized spacial score (nSPS) is 12.4. The van der Waals surface area contributed by atoms with Crippen LogP contribution in [0.5, 0.6) is 0 Å². The molecule has 0 saturated heterocycles. The molecule has 21 heavy (non-hydrogen) atoms. The van der Waals surface area contributed by atoms with Crippen molar-refractivity contribution in [2.75, 3.05) is 5.32 Å². The second-order valence-electron chi connectivity index (χ2n) is 5.15. The van der Waals surface area contributed by atoms with Crippen LogP contribution in [0.3, 0.4) is 0 Å². The Hall–Kier alpha value is -2.30. The molecule has 0 fully saturated rings. The van der Waals surface area contributed by atoms with Crippen LogP contribution in [0.25, 0.3) is 6.08 Å². The topological polar surface area (TPSA) is 78.4 Å². The van der Waals surface area contributed by atoms with Crippen molar-refractivity contribution < 1.29 is 14.7 Å². The Kier molecular flexibility index (Phi) is 6.46. The first-order valence-electron chi connectivity index (χ1n) is 7.01. The summed E-state index contributed by atoms with van der Waals surface area (Å²) < 4.78 is 0. The molecule has 0 aliphatic heterocycles. The molecule has 1 atom stereocenters. The smallest absolute Gasteiger partial charge is 0.328 e. The maximum Gasteiger partial charge on any atom is 0.328 e. The standard InChI is InChI=1S/C16H22N2O3/c1-4-14(11(2)3)18-16(21)17-13-7-5-6-12(10-13)8-9-15(19)20/h5-11,14H,4H2,1-3H3,(H,19,20)(H2,17,18,21)/b9-8+. The summed E-state index contributed by atoms with van der Waals surface area (Å²) in [5.41, 5.74) is 1.34. The molecule has 1 aromatic rings. The fourth-order valence-electron chi connectivity index (χ4n) is 1.96. The molecular formula is C16H22N2O3. The summed E-state index contributed by atoms with van der Waals surface area (Å²) in [6, 6.07) is 6.88. The van der Waals surface area contributed by atoms with Crippen molar-refractivity contribution in [3.63, 3.8) is 0 Å². The third-order valence-corrected chi connectivity index (χ3v) is 3.12. The van der Waals surface area contributed by atoms with E-state index in [0.29, 0.717) is 17.2 Å². The van der Waals surface area contributed by atoms with Gasteiger partial charge >= 0.3 is 12.0 Å². The van der Waals surface area contributed by atoms with E-state index < -0.39 is 5.97 Å². The van der Waals surface area contributed by atoms with Gasteiger partial charge < -0.3 is 15.7 Å². The monoisotopic (exact) mass is 290 g/mol. The maximum atomic E-state index is 11.9. The molecule has 5 nitrogen and oxygen atoms in total. The lowest BCUT2D eigenvalue weighted by Crippen LogP contribution is -2.40. The minimum Gasteiger partial charge on any atom is -0.478 e. The zero-order valence-electron chi connectivity index (χ0n) is 12.6. The van der Waals surface area contributed by atoms with Crippen LogP contribution in [0.15, 0.2) is 30.3 Å². The van der Waals surface area contributed by atoms with Gasteiger partial charge in [-0.3, -0.25) is 0 Å². The number of carboxylic acids is 1. The number of carbonyl (C=O) groups is 2. The number of aliphatic carboxylic acids is 1. The van der Waals surface area contributed by atoms with Crippen molar-refractivity contribution in [3.05, 3.63) is 35.9 Å². The summed E-state index contributed by atoms with van der Waals surface area (Å²) >= 11 is 0. The van der Waals surface area contributed by atoms with E-state index in [1.165, 1.54) is 6.08 Å². The highest BCUT2D eigenvalue weighted by molar-refractivity contribution is 5.90. The van der Waals surface area contributed by atoms with Crippen LogP contribution in [0.4, 0.5) is 10.5 Å². The average Bonchev–Trinajstić information content (AvgIpc) is 2.42. The number of hydrogen-bond donors (Lipinski definition) is 3. The number of carbonyl (C=O) groups excluding carboxylic acids is 1. The highest BCUT2D eigenvalue weighted by Crippen LogP contribution is 2.12. The van der Waals surface area contributed by atoms with Crippen molar-refractivity contribution in [1.82, 2.24) is 5.32 Å². The fourth-order valence-corrected chi connectivity index (χ4v) is 1.96. The number of carboxylic acid groups (broad SMARTS) is 1. The van der Waals surface area contributed by atoms with Gasteiger partial charge in [0.1, 0.15) is 0 Å². The summed E-state index contributed by atoms with van der Waals surface area (Å²) in [5.74, 6) is -0.639. The fraction of sp³-hybridized carbons (Fsp3) is 0.375. The maximum absolute atomic E-state index is 11.9. The summed E-state index contributed by atoms with van der Waals surface area (Å²) in [6.45, 7) is 6.15. The molecule has 1 aromatic carbocycles. The van der Waals surface area contributed by atoms with E-state index in [0.717, 1.165) is 12.5 Å². The first-order chi connectivity index (χ1) is 9.92. The minimum absolute atomic E-state index is 0.125. The van der Waals surface area contributed by atoms with E-state index in [4.69, 9.17) is 5.11 Å².